The van der Waals surface area contributed by atoms with Crippen LogP contribution >= 0.6 is 0 Å². The number of hydrogen-bond donors (Lipinski definition) is 0. The topological polar surface area (TPSA) is 33.2 Å². The number of rotatable bonds is 1. The van der Waals surface area contributed by atoms with Crippen molar-refractivity contribution in [3.63, 3.8) is 0 Å². The number of carbonyl (C=O) groups excluding carboxylic acids is 1. The molecule has 0 fully saturated rings. The molecule has 2 aromatic rings. The largest absolute Gasteiger partial charge is 0.336 e. The zero-order valence-corrected chi connectivity index (χ0v) is 14.6. The van der Waals surface area contributed by atoms with Gasteiger partial charge in [0, 0.05) is 29.9 Å². The van der Waals surface area contributed by atoms with Gasteiger partial charge in [-0.25, -0.2) is 9.37 Å². The average molecular weight is 324 g/mol. The van der Waals surface area contributed by atoms with Gasteiger partial charge in [-0.1, -0.05) is 11.8 Å². The first-order chi connectivity index (χ1) is 11.2. The number of benzene rings is 1. The molecule has 3 nitrogen and oxygen atoms in total. The van der Waals surface area contributed by atoms with E-state index in [0.717, 1.165) is 11.1 Å². The highest BCUT2D eigenvalue weighted by Crippen LogP contribution is 2.16. The van der Waals surface area contributed by atoms with Gasteiger partial charge < -0.3 is 4.90 Å². The molecule has 0 saturated heterocycles. The highest BCUT2D eigenvalue weighted by molar-refractivity contribution is 5.94. The summed E-state index contributed by atoms with van der Waals surface area (Å²) in [5, 5.41) is 0. The van der Waals surface area contributed by atoms with Crippen LogP contribution < -0.4 is 0 Å². The van der Waals surface area contributed by atoms with E-state index < -0.39 is 0 Å². The van der Waals surface area contributed by atoms with Crippen LogP contribution in [-0.2, 0) is 0 Å². The summed E-state index contributed by atoms with van der Waals surface area (Å²) >= 11 is 0. The van der Waals surface area contributed by atoms with Crippen molar-refractivity contribution >= 4 is 5.91 Å². The molecular weight excluding hydrogens is 303 g/mol. The van der Waals surface area contributed by atoms with Crippen LogP contribution in [0.2, 0.25) is 0 Å². The van der Waals surface area contributed by atoms with Crippen molar-refractivity contribution < 1.29 is 9.18 Å². The van der Waals surface area contributed by atoms with Crippen molar-refractivity contribution in [3.05, 3.63) is 64.7 Å². The summed E-state index contributed by atoms with van der Waals surface area (Å²) in [6.07, 6.45) is 1.59. The molecule has 0 radical (unpaired) electrons. The molecule has 1 heterocycles. The Hall–Kier alpha value is -2.67. The molecule has 124 valence electrons. The Balaban J connectivity index is 2.24. The molecule has 0 spiro atoms. The maximum Gasteiger partial charge on any atom is 0.272 e. The summed E-state index contributed by atoms with van der Waals surface area (Å²) in [6.45, 7) is 7.77. The van der Waals surface area contributed by atoms with Crippen molar-refractivity contribution in [2.24, 2.45) is 0 Å². The van der Waals surface area contributed by atoms with E-state index in [0.29, 0.717) is 11.3 Å². The second-order valence-corrected chi connectivity index (χ2v) is 6.68. The zero-order valence-electron chi connectivity index (χ0n) is 14.6. The van der Waals surface area contributed by atoms with Gasteiger partial charge in [-0.05, 0) is 63.6 Å². The molecule has 0 aliphatic rings. The van der Waals surface area contributed by atoms with E-state index >= 15 is 0 Å². The second kappa shape index (κ2) is 6.84. The van der Waals surface area contributed by atoms with E-state index in [-0.39, 0.29) is 17.3 Å². The third-order valence-corrected chi connectivity index (χ3v) is 3.79. The number of amides is 1. The standard InChI is InChI=1S/C20H21FN2O/c1-14-12-16(7-6-15-8-10-17(21)11-9-15)13-22-18(14)19(24)23(5)20(2,3)4/h8-13H,1-5H3. The van der Waals surface area contributed by atoms with E-state index in [1.165, 1.54) is 12.1 Å². The van der Waals surface area contributed by atoms with Crippen molar-refractivity contribution in [2.75, 3.05) is 7.05 Å². The van der Waals surface area contributed by atoms with Gasteiger partial charge in [0.25, 0.3) is 5.91 Å². The van der Waals surface area contributed by atoms with Gasteiger partial charge in [0.1, 0.15) is 11.5 Å². The molecule has 1 aromatic heterocycles. The summed E-state index contributed by atoms with van der Waals surface area (Å²) < 4.78 is 12.9. The minimum atomic E-state index is -0.288. The van der Waals surface area contributed by atoms with Crippen LogP contribution in [0.15, 0.2) is 36.5 Å². The van der Waals surface area contributed by atoms with Crippen molar-refractivity contribution in [1.82, 2.24) is 9.88 Å². The fourth-order valence-corrected chi connectivity index (χ4v) is 2.01. The molecule has 0 N–H and O–H groups in total. The van der Waals surface area contributed by atoms with Crippen LogP contribution in [0, 0.1) is 24.6 Å². The van der Waals surface area contributed by atoms with Gasteiger partial charge in [-0.3, -0.25) is 4.79 Å². The first kappa shape index (κ1) is 17.7. The molecule has 0 aliphatic heterocycles. The lowest BCUT2D eigenvalue weighted by molar-refractivity contribution is 0.0649. The number of pyridine rings is 1. The fraction of sp³-hybridized carbons (Fsp3) is 0.300. The number of halogens is 1. The molecule has 1 aromatic carbocycles. The minimum Gasteiger partial charge on any atom is -0.336 e. The molecule has 0 atom stereocenters. The second-order valence-electron chi connectivity index (χ2n) is 6.68. The Morgan fingerprint density at radius 3 is 2.25 bits per heavy atom. The normalized spacial score (nSPS) is 10.8. The average Bonchev–Trinajstić information content (AvgIpc) is 2.52. The van der Waals surface area contributed by atoms with Crippen molar-refractivity contribution in [2.45, 2.75) is 33.2 Å². The Morgan fingerprint density at radius 2 is 1.71 bits per heavy atom. The maximum atomic E-state index is 12.9. The monoisotopic (exact) mass is 324 g/mol. The minimum absolute atomic E-state index is 0.113. The SMILES string of the molecule is Cc1cc(C#Cc2ccc(F)cc2)cnc1C(=O)N(C)C(C)(C)C. The van der Waals surface area contributed by atoms with E-state index in [2.05, 4.69) is 16.8 Å². The quantitative estimate of drug-likeness (QED) is 0.748. The molecule has 2 rings (SSSR count). The molecule has 24 heavy (non-hydrogen) atoms. The lowest BCUT2D eigenvalue weighted by Crippen LogP contribution is -2.43. The summed E-state index contributed by atoms with van der Waals surface area (Å²) in [6, 6.07) is 7.83. The number of aromatic nitrogens is 1. The van der Waals surface area contributed by atoms with Crippen LogP contribution in [0.3, 0.4) is 0 Å². The third-order valence-electron chi connectivity index (χ3n) is 3.79. The molecular formula is C20H21FN2O. The van der Waals surface area contributed by atoms with Gasteiger partial charge in [-0.15, -0.1) is 0 Å². The van der Waals surface area contributed by atoms with E-state index in [1.54, 1.807) is 30.3 Å². The molecule has 0 aliphatic carbocycles. The lowest BCUT2D eigenvalue weighted by Gasteiger charge is -2.32. The smallest absolute Gasteiger partial charge is 0.272 e. The summed E-state index contributed by atoms with van der Waals surface area (Å²) in [4.78, 5) is 18.5. The Morgan fingerprint density at radius 1 is 1.12 bits per heavy atom. The Bertz CT molecular complexity index is 808. The number of nitrogens with zero attached hydrogens (tertiary/aromatic N) is 2. The van der Waals surface area contributed by atoms with E-state index in [4.69, 9.17) is 0 Å². The predicted octanol–water partition coefficient (Wildman–Crippen LogP) is 3.80. The molecule has 1 amide bonds. The van der Waals surface area contributed by atoms with Crippen LogP contribution in [0.5, 0.6) is 0 Å². The number of carbonyl (C=O) groups is 1. The van der Waals surface area contributed by atoms with Gasteiger partial charge >= 0.3 is 0 Å². The van der Waals surface area contributed by atoms with Crippen molar-refractivity contribution in [1.29, 1.82) is 0 Å². The van der Waals surface area contributed by atoms with Crippen molar-refractivity contribution in [3.8, 4) is 11.8 Å². The molecule has 0 unspecified atom stereocenters. The van der Waals surface area contributed by atoms with Crippen LogP contribution in [0.25, 0.3) is 0 Å². The lowest BCUT2D eigenvalue weighted by atomic mass is 10.0. The Labute approximate surface area is 142 Å². The van der Waals surface area contributed by atoms with E-state index in [9.17, 15) is 9.18 Å². The third kappa shape index (κ3) is 4.20. The fourth-order valence-electron chi connectivity index (χ4n) is 2.01. The van der Waals surface area contributed by atoms with Crippen LogP contribution in [0.1, 0.15) is 48.0 Å². The highest BCUT2D eigenvalue weighted by Gasteiger charge is 2.25. The Kier molecular flexibility index (Phi) is 5.04. The van der Waals surface area contributed by atoms with Gasteiger partial charge in [0.15, 0.2) is 0 Å². The zero-order chi connectivity index (χ0) is 17.9. The number of aryl methyl sites for hydroxylation is 1. The summed E-state index contributed by atoms with van der Waals surface area (Å²) in [7, 11) is 1.77. The number of hydrogen-bond acceptors (Lipinski definition) is 2. The summed E-state index contributed by atoms with van der Waals surface area (Å²) in [5.74, 6) is 5.55. The van der Waals surface area contributed by atoms with Gasteiger partial charge in [0.2, 0.25) is 0 Å². The summed E-state index contributed by atoms with van der Waals surface area (Å²) in [5.41, 5.74) is 2.38. The first-order valence-electron chi connectivity index (χ1n) is 7.71. The molecule has 4 heteroatoms. The predicted molar refractivity (Wildman–Crippen MR) is 93.2 cm³/mol. The van der Waals surface area contributed by atoms with Crippen LogP contribution in [0.4, 0.5) is 4.39 Å². The van der Waals surface area contributed by atoms with Gasteiger partial charge in [0.05, 0.1) is 0 Å². The van der Waals surface area contributed by atoms with Crippen LogP contribution in [-0.4, -0.2) is 28.4 Å². The van der Waals surface area contributed by atoms with E-state index in [1.807, 2.05) is 33.8 Å². The first-order valence-corrected chi connectivity index (χ1v) is 7.71. The molecule has 0 saturated carbocycles. The maximum absolute atomic E-state index is 12.9. The van der Waals surface area contributed by atoms with Gasteiger partial charge in [-0.2, -0.15) is 0 Å². The molecule has 0 bridgehead atoms. The highest BCUT2D eigenvalue weighted by atomic mass is 19.1.